The van der Waals surface area contributed by atoms with Crippen molar-refractivity contribution in [3.63, 3.8) is 0 Å². The Kier molecular flexibility index (Phi) is 5.83. The van der Waals surface area contributed by atoms with Crippen molar-refractivity contribution in [1.82, 2.24) is 4.98 Å². The number of thiophene rings is 1. The molecule has 0 bridgehead atoms. The molecule has 7 heteroatoms. The first-order valence-electron chi connectivity index (χ1n) is 9.34. The van der Waals surface area contributed by atoms with E-state index in [0.717, 1.165) is 36.4 Å². The highest BCUT2D eigenvalue weighted by Crippen LogP contribution is 2.27. The number of hydrogen-bond acceptors (Lipinski definition) is 5. The van der Waals surface area contributed by atoms with Crippen LogP contribution in [0.1, 0.15) is 29.0 Å². The van der Waals surface area contributed by atoms with Crippen molar-refractivity contribution in [2.24, 2.45) is 0 Å². The topological polar surface area (TPSA) is 62.3 Å². The molecule has 2 aromatic heterocycles. The Balaban J connectivity index is 1.40. The minimum atomic E-state index is -0.0869. The minimum absolute atomic E-state index is 0.0520. The number of fused-ring (bicyclic) bond motifs is 1. The summed E-state index contributed by atoms with van der Waals surface area (Å²) in [5, 5.41) is 7.18. The number of nitrogens with one attached hydrogen (secondary N) is 1. The molecule has 1 N–H and O–H groups in total. The molecule has 0 radical (unpaired) electrons. The molecule has 3 aromatic rings. The third-order valence-corrected chi connectivity index (χ3v) is 6.39. The predicted octanol–water partition coefficient (Wildman–Crippen LogP) is 4.30. The lowest BCUT2D eigenvalue weighted by Gasteiger charge is -2.22. The second kappa shape index (κ2) is 8.67. The van der Waals surface area contributed by atoms with Gasteiger partial charge in [0.2, 0.25) is 11.8 Å². The van der Waals surface area contributed by atoms with Gasteiger partial charge in [-0.2, -0.15) is 0 Å². The summed E-state index contributed by atoms with van der Waals surface area (Å²) in [5.74, 6) is -0.0350. The van der Waals surface area contributed by atoms with E-state index in [1.54, 1.807) is 11.3 Å². The fourth-order valence-corrected chi connectivity index (χ4v) is 4.81. The Morgan fingerprint density at radius 1 is 1.07 bits per heavy atom. The van der Waals surface area contributed by atoms with Gasteiger partial charge in [-0.25, -0.2) is 4.98 Å². The molecule has 1 aromatic carbocycles. The van der Waals surface area contributed by atoms with Gasteiger partial charge in [-0.1, -0.05) is 24.3 Å². The summed E-state index contributed by atoms with van der Waals surface area (Å²) in [4.78, 5) is 32.4. The van der Waals surface area contributed by atoms with E-state index in [9.17, 15) is 9.59 Å². The second-order valence-electron chi connectivity index (χ2n) is 6.76. The van der Waals surface area contributed by atoms with Crippen LogP contribution in [0.2, 0.25) is 0 Å². The van der Waals surface area contributed by atoms with E-state index in [4.69, 9.17) is 0 Å². The van der Waals surface area contributed by atoms with Crippen molar-refractivity contribution in [2.45, 2.75) is 32.1 Å². The molecule has 28 heavy (non-hydrogen) atoms. The second-order valence-corrected chi connectivity index (χ2v) is 8.65. The van der Waals surface area contributed by atoms with Gasteiger partial charge in [0.25, 0.3) is 0 Å². The zero-order valence-corrected chi connectivity index (χ0v) is 17.0. The summed E-state index contributed by atoms with van der Waals surface area (Å²) in [6.45, 7) is 0.740. The van der Waals surface area contributed by atoms with E-state index in [0.29, 0.717) is 17.2 Å². The van der Waals surface area contributed by atoms with Crippen LogP contribution in [-0.2, 0) is 28.9 Å². The largest absolute Gasteiger partial charge is 0.312 e. The van der Waals surface area contributed by atoms with Gasteiger partial charge in [0.15, 0.2) is 5.13 Å². The molecular weight excluding hydrogens is 390 g/mol. The molecule has 1 aliphatic heterocycles. The summed E-state index contributed by atoms with van der Waals surface area (Å²) in [5.41, 5.74) is 2.95. The number of amides is 2. The number of nitrogens with zero attached hydrogens (tertiary/aromatic N) is 2. The molecule has 1 aliphatic rings. The third-order valence-electron chi connectivity index (χ3n) is 4.71. The van der Waals surface area contributed by atoms with Crippen LogP contribution < -0.4 is 10.2 Å². The number of benzene rings is 1. The Morgan fingerprint density at radius 2 is 1.96 bits per heavy atom. The quantitative estimate of drug-likeness (QED) is 0.681. The van der Waals surface area contributed by atoms with Crippen molar-refractivity contribution in [3.8, 4) is 0 Å². The van der Waals surface area contributed by atoms with Crippen LogP contribution in [0.15, 0.2) is 47.2 Å². The SMILES string of the molecule is O=C(Cc1cccs1)Nc1nc(CC(=O)N2CCCCc3ccccc32)cs1. The maximum absolute atomic E-state index is 12.9. The zero-order valence-electron chi connectivity index (χ0n) is 15.4. The fraction of sp³-hybridized carbons (Fsp3) is 0.286. The summed E-state index contributed by atoms with van der Waals surface area (Å²) in [6, 6.07) is 12.0. The Hall–Kier alpha value is -2.51. The van der Waals surface area contributed by atoms with Gasteiger partial charge in [0, 0.05) is 22.5 Å². The van der Waals surface area contributed by atoms with Crippen LogP contribution in [0.3, 0.4) is 0 Å². The van der Waals surface area contributed by atoms with Gasteiger partial charge in [-0.3, -0.25) is 9.59 Å². The predicted molar refractivity (Wildman–Crippen MR) is 114 cm³/mol. The standard InChI is InChI=1S/C21H21N3O2S2/c25-19(13-17-8-5-11-27-17)23-21-22-16(14-28-21)12-20(26)24-10-4-3-7-15-6-1-2-9-18(15)24/h1-2,5-6,8-9,11,14H,3-4,7,10,12-13H2,(H,22,23,25). The molecule has 0 saturated heterocycles. The molecule has 5 nitrogen and oxygen atoms in total. The van der Waals surface area contributed by atoms with Gasteiger partial charge in [-0.15, -0.1) is 22.7 Å². The fourth-order valence-electron chi connectivity index (χ4n) is 3.38. The number of carbonyl (C=O) groups is 2. The van der Waals surface area contributed by atoms with Crippen LogP contribution in [0.25, 0.3) is 0 Å². The van der Waals surface area contributed by atoms with Crippen molar-refractivity contribution >= 4 is 45.3 Å². The number of anilines is 2. The molecule has 0 unspecified atom stereocenters. The van der Waals surface area contributed by atoms with Crippen LogP contribution in [-0.4, -0.2) is 23.3 Å². The van der Waals surface area contributed by atoms with Crippen LogP contribution in [0.4, 0.5) is 10.8 Å². The number of aromatic nitrogens is 1. The lowest BCUT2D eigenvalue weighted by molar-refractivity contribution is -0.118. The Bertz CT molecular complexity index is 966. The van der Waals surface area contributed by atoms with Crippen molar-refractivity contribution in [1.29, 1.82) is 0 Å². The van der Waals surface area contributed by atoms with Crippen LogP contribution in [0, 0.1) is 0 Å². The highest BCUT2D eigenvalue weighted by molar-refractivity contribution is 7.14. The van der Waals surface area contributed by atoms with Crippen molar-refractivity contribution in [3.05, 3.63) is 63.3 Å². The third kappa shape index (κ3) is 4.48. The average Bonchev–Trinajstić information content (AvgIpc) is 3.29. The molecule has 0 fully saturated rings. The molecule has 0 atom stereocenters. The van der Waals surface area contributed by atoms with E-state index >= 15 is 0 Å². The first-order chi connectivity index (χ1) is 13.7. The van der Waals surface area contributed by atoms with E-state index in [-0.39, 0.29) is 18.2 Å². The number of thiazole rings is 1. The molecule has 0 spiro atoms. The number of carbonyl (C=O) groups excluding carboxylic acids is 2. The number of rotatable bonds is 5. The highest BCUT2D eigenvalue weighted by Gasteiger charge is 2.22. The van der Waals surface area contributed by atoms with E-state index in [1.807, 2.05) is 46.0 Å². The first-order valence-corrected chi connectivity index (χ1v) is 11.1. The van der Waals surface area contributed by atoms with Gasteiger partial charge < -0.3 is 10.2 Å². The van der Waals surface area contributed by atoms with Gasteiger partial charge in [-0.05, 0) is 42.3 Å². The first kappa shape index (κ1) is 18.8. The average molecular weight is 412 g/mol. The lowest BCUT2D eigenvalue weighted by atomic mass is 10.1. The molecule has 0 aliphatic carbocycles. The number of aryl methyl sites for hydroxylation is 1. The summed E-state index contributed by atoms with van der Waals surface area (Å²) < 4.78 is 0. The molecule has 0 saturated carbocycles. The monoisotopic (exact) mass is 411 g/mol. The maximum Gasteiger partial charge on any atom is 0.233 e. The molecule has 2 amide bonds. The van der Waals surface area contributed by atoms with Crippen LogP contribution in [0.5, 0.6) is 0 Å². The van der Waals surface area contributed by atoms with Gasteiger partial charge in [0.05, 0.1) is 18.5 Å². The van der Waals surface area contributed by atoms with Crippen molar-refractivity contribution in [2.75, 3.05) is 16.8 Å². The summed E-state index contributed by atoms with van der Waals surface area (Å²) >= 11 is 2.92. The normalized spacial score (nSPS) is 13.6. The van der Waals surface area contributed by atoms with Gasteiger partial charge in [0.1, 0.15) is 0 Å². The molecule has 3 heterocycles. The van der Waals surface area contributed by atoms with E-state index in [2.05, 4.69) is 16.4 Å². The smallest absolute Gasteiger partial charge is 0.233 e. The Morgan fingerprint density at radius 3 is 2.82 bits per heavy atom. The van der Waals surface area contributed by atoms with Gasteiger partial charge >= 0.3 is 0 Å². The minimum Gasteiger partial charge on any atom is -0.312 e. The summed E-state index contributed by atoms with van der Waals surface area (Å²) in [6.07, 6.45) is 3.69. The highest BCUT2D eigenvalue weighted by atomic mass is 32.1. The zero-order chi connectivity index (χ0) is 19.3. The summed E-state index contributed by atoms with van der Waals surface area (Å²) in [7, 11) is 0. The maximum atomic E-state index is 12.9. The molecule has 144 valence electrons. The van der Waals surface area contributed by atoms with Crippen molar-refractivity contribution < 1.29 is 9.59 Å². The van der Waals surface area contributed by atoms with Crippen LogP contribution >= 0.6 is 22.7 Å². The van der Waals surface area contributed by atoms with E-state index in [1.165, 1.54) is 16.9 Å². The lowest BCUT2D eigenvalue weighted by Crippen LogP contribution is -2.33. The Labute approximate surface area is 172 Å². The number of hydrogen-bond donors (Lipinski definition) is 1. The molecular formula is C21H21N3O2S2. The van der Waals surface area contributed by atoms with E-state index < -0.39 is 0 Å². The molecule has 4 rings (SSSR count). The number of para-hydroxylation sites is 1.